The second kappa shape index (κ2) is 8.98. The predicted molar refractivity (Wildman–Crippen MR) is 119 cm³/mol. The largest absolute Gasteiger partial charge is 0.381 e. The molecule has 0 radical (unpaired) electrons. The molecule has 0 atom stereocenters. The highest BCUT2D eigenvalue weighted by atomic mass is 32.2. The van der Waals surface area contributed by atoms with Gasteiger partial charge in [0, 0.05) is 33.2 Å². The topological polar surface area (TPSA) is 86.7 Å². The van der Waals surface area contributed by atoms with E-state index < -0.39 is 31.1 Å². The first-order valence-electron chi connectivity index (χ1n) is 10.3. The fourth-order valence-electron chi connectivity index (χ4n) is 3.94. The molecular formula is C24H23FO6S2. The Balaban J connectivity index is 1.67. The molecule has 0 aliphatic carbocycles. The highest BCUT2D eigenvalue weighted by Gasteiger charge is 2.35. The summed E-state index contributed by atoms with van der Waals surface area (Å²) in [5.41, 5.74) is 0.140. The van der Waals surface area contributed by atoms with Gasteiger partial charge >= 0.3 is 0 Å². The molecule has 4 rings (SSSR count). The highest BCUT2D eigenvalue weighted by Crippen LogP contribution is 2.37. The summed E-state index contributed by atoms with van der Waals surface area (Å²) in [5, 5.41) is 0. The van der Waals surface area contributed by atoms with E-state index in [1.807, 2.05) is 6.07 Å². The molecule has 1 heterocycles. The minimum absolute atomic E-state index is 0.0313. The van der Waals surface area contributed by atoms with E-state index in [9.17, 15) is 21.2 Å². The van der Waals surface area contributed by atoms with Crippen molar-refractivity contribution in [3.63, 3.8) is 0 Å². The number of halogens is 1. The lowest BCUT2D eigenvalue weighted by molar-refractivity contribution is -0.0948. The van der Waals surface area contributed by atoms with Crippen molar-refractivity contribution < 1.29 is 30.7 Å². The molecule has 0 amide bonds. The number of sulfone groups is 2. The van der Waals surface area contributed by atoms with Crippen LogP contribution in [0, 0.1) is 5.82 Å². The Morgan fingerprint density at radius 1 is 0.758 bits per heavy atom. The number of ether oxygens (including phenoxy) is 2. The van der Waals surface area contributed by atoms with Crippen LogP contribution in [0.2, 0.25) is 0 Å². The molecule has 3 aromatic rings. The van der Waals surface area contributed by atoms with Gasteiger partial charge in [-0.2, -0.15) is 0 Å². The van der Waals surface area contributed by atoms with Crippen molar-refractivity contribution in [3.05, 3.63) is 84.2 Å². The molecule has 9 heteroatoms. The summed E-state index contributed by atoms with van der Waals surface area (Å²) in [7, 11) is -6.20. The number of benzene rings is 3. The van der Waals surface area contributed by atoms with E-state index in [4.69, 9.17) is 9.47 Å². The number of methoxy groups -OCH3 is 1. The number of hydrogen-bond donors (Lipinski definition) is 0. The Morgan fingerprint density at radius 2 is 1.24 bits per heavy atom. The van der Waals surface area contributed by atoms with Crippen molar-refractivity contribution in [3.8, 4) is 0 Å². The molecule has 0 aromatic heterocycles. The van der Waals surface area contributed by atoms with E-state index in [1.165, 1.54) is 42.5 Å². The Kier molecular flexibility index (Phi) is 6.41. The molecule has 1 aliphatic rings. The first-order chi connectivity index (χ1) is 15.7. The second-order valence-electron chi connectivity index (χ2n) is 7.77. The van der Waals surface area contributed by atoms with Crippen LogP contribution in [0.3, 0.4) is 0 Å². The van der Waals surface area contributed by atoms with E-state index >= 15 is 0 Å². The Hall–Kier alpha value is -2.59. The SMILES string of the molecule is COC1(c2cccc(S(=O)(=O)c3ccc(S(=O)(=O)c4ccc(F)cc4)cc3)c2)CCOCC1. The normalized spacial score (nSPS) is 16.4. The minimum atomic E-state index is -3.91. The summed E-state index contributed by atoms with van der Waals surface area (Å²) in [6.45, 7) is 1.05. The van der Waals surface area contributed by atoms with Crippen LogP contribution >= 0.6 is 0 Å². The maximum Gasteiger partial charge on any atom is 0.206 e. The van der Waals surface area contributed by atoms with Crippen molar-refractivity contribution >= 4 is 19.7 Å². The second-order valence-corrected chi connectivity index (χ2v) is 11.7. The van der Waals surface area contributed by atoms with Crippen LogP contribution in [0.4, 0.5) is 4.39 Å². The van der Waals surface area contributed by atoms with Gasteiger partial charge in [0.25, 0.3) is 0 Å². The third-order valence-electron chi connectivity index (χ3n) is 5.93. The Labute approximate surface area is 192 Å². The van der Waals surface area contributed by atoms with Gasteiger partial charge in [-0.1, -0.05) is 12.1 Å². The molecule has 33 heavy (non-hydrogen) atoms. The van der Waals surface area contributed by atoms with Gasteiger partial charge < -0.3 is 9.47 Å². The van der Waals surface area contributed by atoms with Gasteiger partial charge in [0.2, 0.25) is 19.7 Å². The molecule has 0 saturated carbocycles. The van der Waals surface area contributed by atoms with Crippen molar-refractivity contribution in [2.45, 2.75) is 38.0 Å². The van der Waals surface area contributed by atoms with Crippen LogP contribution in [0.25, 0.3) is 0 Å². The van der Waals surface area contributed by atoms with E-state index in [1.54, 1.807) is 19.2 Å². The molecule has 0 unspecified atom stereocenters. The summed E-state index contributed by atoms with van der Waals surface area (Å²) in [6.07, 6.45) is 1.23. The van der Waals surface area contributed by atoms with Gasteiger partial charge in [-0.3, -0.25) is 0 Å². The molecule has 0 spiro atoms. The van der Waals surface area contributed by atoms with Crippen molar-refractivity contribution in [2.24, 2.45) is 0 Å². The fourth-order valence-corrected chi connectivity index (χ4v) is 6.51. The number of hydrogen-bond acceptors (Lipinski definition) is 6. The van der Waals surface area contributed by atoms with E-state index in [0.29, 0.717) is 26.1 Å². The molecule has 174 valence electrons. The molecule has 0 N–H and O–H groups in total. The molecule has 3 aromatic carbocycles. The standard InChI is InChI=1S/C24H23FO6S2/c1-30-24(13-15-31-16-14-24)18-3-2-4-23(17-18)33(28,29)22-11-9-21(10-12-22)32(26,27)20-7-5-19(25)6-8-20/h2-12,17H,13-16H2,1H3. The van der Waals surface area contributed by atoms with Crippen LogP contribution in [0.5, 0.6) is 0 Å². The molecular weight excluding hydrogens is 467 g/mol. The zero-order valence-corrected chi connectivity index (χ0v) is 19.5. The van der Waals surface area contributed by atoms with Crippen molar-refractivity contribution in [1.82, 2.24) is 0 Å². The smallest absolute Gasteiger partial charge is 0.206 e. The Morgan fingerprint density at radius 3 is 1.76 bits per heavy atom. The fraction of sp³-hybridized carbons (Fsp3) is 0.250. The first-order valence-corrected chi connectivity index (χ1v) is 13.2. The van der Waals surface area contributed by atoms with Gasteiger partial charge in [0.1, 0.15) is 5.82 Å². The summed E-state index contributed by atoms with van der Waals surface area (Å²) in [5.74, 6) is -0.548. The third kappa shape index (κ3) is 4.46. The maximum atomic E-state index is 13.3. The van der Waals surface area contributed by atoms with E-state index in [-0.39, 0.29) is 19.6 Å². The summed E-state index contributed by atoms with van der Waals surface area (Å²) in [4.78, 5) is -0.0934. The lowest BCUT2D eigenvalue weighted by Crippen LogP contribution is -2.35. The molecule has 0 bridgehead atoms. The number of rotatable bonds is 6. The van der Waals surface area contributed by atoms with Gasteiger partial charge in [0.05, 0.1) is 25.2 Å². The summed E-state index contributed by atoms with van der Waals surface area (Å²) >= 11 is 0. The van der Waals surface area contributed by atoms with Crippen LogP contribution in [-0.2, 0) is 34.7 Å². The quantitative estimate of drug-likeness (QED) is 0.483. The van der Waals surface area contributed by atoms with Crippen LogP contribution in [0.15, 0.2) is 92.4 Å². The zero-order chi connectivity index (χ0) is 23.7. The average Bonchev–Trinajstić information content (AvgIpc) is 2.85. The maximum absolute atomic E-state index is 13.3. The lowest BCUT2D eigenvalue weighted by Gasteiger charge is -2.36. The Bertz CT molecular complexity index is 1340. The molecule has 1 aliphatic heterocycles. The average molecular weight is 491 g/mol. The van der Waals surface area contributed by atoms with Gasteiger partial charge in [-0.25, -0.2) is 21.2 Å². The third-order valence-corrected chi connectivity index (χ3v) is 9.48. The predicted octanol–water partition coefficient (Wildman–Crippen LogP) is 4.14. The van der Waals surface area contributed by atoms with Crippen LogP contribution in [0.1, 0.15) is 18.4 Å². The zero-order valence-electron chi connectivity index (χ0n) is 17.9. The van der Waals surface area contributed by atoms with Crippen molar-refractivity contribution in [2.75, 3.05) is 20.3 Å². The molecule has 6 nitrogen and oxygen atoms in total. The van der Waals surface area contributed by atoms with Crippen LogP contribution in [-0.4, -0.2) is 37.2 Å². The van der Waals surface area contributed by atoms with E-state index in [2.05, 4.69) is 0 Å². The highest BCUT2D eigenvalue weighted by molar-refractivity contribution is 7.92. The molecule has 1 fully saturated rings. The minimum Gasteiger partial charge on any atom is -0.381 e. The molecule has 1 saturated heterocycles. The summed E-state index contributed by atoms with van der Waals surface area (Å²) in [6, 6.07) is 16.1. The van der Waals surface area contributed by atoms with Gasteiger partial charge in [-0.15, -0.1) is 0 Å². The van der Waals surface area contributed by atoms with Crippen LogP contribution < -0.4 is 0 Å². The van der Waals surface area contributed by atoms with Crippen molar-refractivity contribution in [1.29, 1.82) is 0 Å². The lowest BCUT2D eigenvalue weighted by atomic mass is 9.86. The monoisotopic (exact) mass is 490 g/mol. The van der Waals surface area contributed by atoms with E-state index in [0.717, 1.165) is 17.7 Å². The van der Waals surface area contributed by atoms with Gasteiger partial charge in [0.15, 0.2) is 0 Å². The van der Waals surface area contributed by atoms with Gasteiger partial charge in [-0.05, 0) is 66.2 Å². The summed E-state index contributed by atoms with van der Waals surface area (Å²) < 4.78 is 76.4. The first kappa shape index (κ1) is 23.6.